The molecule has 1 aliphatic rings. The Labute approximate surface area is 119 Å². The number of piperidine rings is 1. The van der Waals surface area contributed by atoms with Crippen LogP contribution in [0.2, 0.25) is 10.0 Å². The van der Waals surface area contributed by atoms with Crippen molar-refractivity contribution in [2.24, 2.45) is 5.92 Å². The number of halogens is 2. The predicted octanol–water partition coefficient (Wildman–Crippen LogP) is 4.13. The standard InChI is InChI=1S/C14H20Cl2N2/c1-9-8-18(3)10(2)7-13(9)17-12-6-4-5-11(15)14(12)16/h4-6,9-10,13,17H,7-8H2,1-3H3. The first-order valence-corrected chi connectivity index (χ1v) is 7.15. The highest BCUT2D eigenvalue weighted by Crippen LogP contribution is 2.32. The molecule has 3 unspecified atom stereocenters. The van der Waals surface area contributed by atoms with Crippen LogP contribution < -0.4 is 5.32 Å². The van der Waals surface area contributed by atoms with Gasteiger partial charge in [-0.1, -0.05) is 36.2 Å². The van der Waals surface area contributed by atoms with E-state index >= 15 is 0 Å². The van der Waals surface area contributed by atoms with Gasteiger partial charge in [0.2, 0.25) is 0 Å². The number of nitrogens with one attached hydrogen (secondary N) is 1. The molecule has 0 radical (unpaired) electrons. The van der Waals surface area contributed by atoms with Crippen LogP contribution >= 0.6 is 23.2 Å². The average Bonchev–Trinajstić information content (AvgIpc) is 2.32. The van der Waals surface area contributed by atoms with Crippen molar-refractivity contribution in [2.45, 2.75) is 32.4 Å². The zero-order chi connectivity index (χ0) is 13.3. The second-order valence-corrected chi connectivity index (χ2v) is 6.14. The van der Waals surface area contributed by atoms with Crippen LogP contribution in [0.1, 0.15) is 20.3 Å². The summed E-state index contributed by atoms with van der Waals surface area (Å²) in [5, 5.41) is 4.78. The Bertz CT molecular complexity index is 422. The molecule has 1 aromatic carbocycles. The van der Waals surface area contributed by atoms with Crippen molar-refractivity contribution in [3.8, 4) is 0 Å². The Kier molecular flexibility index (Phi) is 4.41. The maximum absolute atomic E-state index is 6.22. The second-order valence-electron chi connectivity index (χ2n) is 5.35. The fourth-order valence-electron chi connectivity index (χ4n) is 2.56. The fourth-order valence-corrected chi connectivity index (χ4v) is 2.91. The van der Waals surface area contributed by atoms with Crippen molar-refractivity contribution in [1.29, 1.82) is 0 Å². The maximum atomic E-state index is 6.22. The zero-order valence-electron chi connectivity index (χ0n) is 11.1. The van der Waals surface area contributed by atoms with Gasteiger partial charge in [0, 0.05) is 18.6 Å². The number of rotatable bonds is 2. The van der Waals surface area contributed by atoms with Crippen molar-refractivity contribution in [3.05, 3.63) is 28.2 Å². The van der Waals surface area contributed by atoms with Gasteiger partial charge in [-0.2, -0.15) is 0 Å². The first-order chi connectivity index (χ1) is 8.49. The van der Waals surface area contributed by atoms with Crippen molar-refractivity contribution in [1.82, 2.24) is 4.90 Å². The molecule has 4 heteroatoms. The first kappa shape index (κ1) is 14.0. The lowest BCUT2D eigenvalue weighted by Crippen LogP contribution is -2.48. The van der Waals surface area contributed by atoms with E-state index in [4.69, 9.17) is 23.2 Å². The quantitative estimate of drug-likeness (QED) is 0.879. The lowest BCUT2D eigenvalue weighted by molar-refractivity contribution is 0.145. The third-order valence-corrected chi connectivity index (χ3v) is 4.72. The summed E-state index contributed by atoms with van der Waals surface area (Å²) in [6.07, 6.45) is 1.13. The van der Waals surface area contributed by atoms with Crippen LogP contribution in [0.3, 0.4) is 0 Å². The topological polar surface area (TPSA) is 15.3 Å². The molecule has 0 spiro atoms. The van der Waals surface area contributed by atoms with Gasteiger partial charge in [-0.05, 0) is 38.4 Å². The largest absolute Gasteiger partial charge is 0.381 e. The normalized spacial score (nSPS) is 29.3. The monoisotopic (exact) mass is 286 g/mol. The van der Waals surface area contributed by atoms with Crippen LogP contribution in [0.15, 0.2) is 18.2 Å². The van der Waals surface area contributed by atoms with Gasteiger partial charge >= 0.3 is 0 Å². The lowest BCUT2D eigenvalue weighted by atomic mass is 9.89. The summed E-state index contributed by atoms with van der Waals surface area (Å²) >= 11 is 12.3. The molecule has 0 bridgehead atoms. The molecule has 0 aromatic heterocycles. The third kappa shape index (κ3) is 2.93. The van der Waals surface area contributed by atoms with Gasteiger partial charge in [0.05, 0.1) is 15.7 Å². The molecule has 3 atom stereocenters. The summed E-state index contributed by atoms with van der Waals surface area (Å²) in [5.41, 5.74) is 0.942. The van der Waals surface area contributed by atoms with Crippen LogP contribution in [-0.2, 0) is 0 Å². The van der Waals surface area contributed by atoms with Gasteiger partial charge < -0.3 is 10.2 Å². The van der Waals surface area contributed by atoms with E-state index in [0.29, 0.717) is 28.0 Å². The SMILES string of the molecule is CC1CN(C)C(C)CC1Nc1cccc(Cl)c1Cl. The molecule has 18 heavy (non-hydrogen) atoms. The Hall–Kier alpha value is -0.440. The zero-order valence-corrected chi connectivity index (χ0v) is 12.6. The predicted molar refractivity (Wildman–Crippen MR) is 79.7 cm³/mol. The van der Waals surface area contributed by atoms with Crippen molar-refractivity contribution in [2.75, 3.05) is 18.9 Å². The summed E-state index contributed by atoms with van der Waals surface area (Å²) in [7, 11) is 2.18. The molecular formula is C14H20Cl2N2. The van der Waals surface area contributed by atoms with E-state index in [9.17, 15) is 0 Å². The molecule has 1 fully saturated rings. The highest BCUT2D eigenvalue weighted by molar-refractivity contribution is 6.43. The number of anilines is 1. The summed E-state index contributed by atoms with van der Waals surface area (Å²) in [6.45, 7) is 5.65. The number of hydrogen-bond acceptors (Lipinski definition) is 2. The Morgan fingerprint density at radius 1 is 1.28 bits per heavy atom. The van der Waals surface area contributed by atoms with Crippen LogP contribution in [0, 0.1) is 5.92 Å². The Morgan fingerprint density at radius 3 is 2.72 bits per heavy atom. The summed E-state index contributed by atoms with van der Waals surface area (Å²) in [5.74, 6) is 0.598. The Morgan fingerprint density at radius 2 is 2.00 bits per heavy atom. The number of nitrogens with zero attached hydrogens (tertiary/aromatic N) is 1. The molecule has 0 aliphatic carbocycles. The Balaban J connectivity index is 2.11. The molecule has 1 aromatic rings. The van der Waals surface area contributed by atoms with Gasteiger partial charge in [0.1, 0.15) is 0 Å². The molecule has 2 rings (SSSR count). The van der Waals surface area contributed by atoms with Gasteiger partial charge in [-0.25, -0.2) is 0 Å². The average molecular weight is 287 g/mol. The van der Waals surface area contributed by atoms with Crippen molar-refractivity contribution in [3.63, 3.8) is 0 Å². The smallest absolute Gasteiger partial charge is 0.0823 e. The minimum Gasteiger partial charge on any atom is -0.381 e. The second kappa shape index (κ2) is 5.68. The minimum absolute atomic E-state index is 0.451. The van der Waals surface area contributed by atoms with Crippen LogP contribution in [0.25, 0.3) is 0 Å². The number of hydrogen-bond donors (Lipinski definition) is 1. The minimum atomic E-state index is 0.451. The number of benzene rings is 1. The van der Waals surface area contributed by atoms with Gasteiger partial charge in [0.25, 0.3) is 0 Å². The van der Waals surface area contributed by atoms with E-state index in [-0.39, 0.29) is 0 Å². The molecule has 1 aliphatic heterocycles. The fraction of sp³-hybridized carbons (Fsp3) is 0.571. The van der Waals surface area contributed by atoms with Gasteiger partial charge in [-0.15, -0.1) is 0 Å². The van der Waals surface area contributed by atoms with E-state index in [2.05, 4.69) is 31.1 Å². The highest BCUT2D eigenvalue weighted by atomic mass is 35.5. The maximum Gasteiger partial charge on any atom is 0.0823 e. The summed E-state index contributed by atoms with van der Waals surface area (Å²) < 4.78 is 0. The van der Waals surface area contributed by atoms with E-state index in [1.807, 2.05) is 18.2 Å². The summed E-state index contributed by atoms with van der Waals surface area (Å²) in [4.78, 5) is 2.41. The molecule has 1 heterocycles. The molecular weight excluding hydrogens is 267 g/mol. The third-order valence-electron chi connectivity index (χ3n) is 3.90. The highest BCUT2D eigenvalue weighted by Gasteiger charge is 2.29. The van der Waals surface area contributed by atoms with E-state index in [0.717, 1.165) is 18.7 Å². The van der Waals surface area contributed by atoms with E-state index in [1.165, 1.54) is 0 Å². The van der Waals surface area contributed by atoms with Crippen molar-refractivity contribution >= 4 is 28.9 Å². The molecule has 0 amide bonds. The van der Waals surface area contributed by atoms with Gasteiger partial charge in [-0.3, -0.25) is 0 Å². The summed E-state index contributed by atoms with van der Waals surface area (Å²) in [6, 6.07) is 6.78. The lowest BCUT2D eigenvalue weighted by Gasteiger charge is -2.40. The van der Waals surface area contributed by atoms with Crippen LogP contribution in [0.5, 0.6) is 0 Å². The number of likely N-dealkylation sites (tertiary alicyclic amines) is 1. The molecule has 100 valence electrons. The van der Waals surface area contributed by atoms with Crippen LogP contribution in [0.4, 0.5) is 5.69 Å². The first-order valence-electron chi connectivity index (χ1n) is 6.40. The molecule has 1 N–H and O–H groups in total. The molecule has 1 saturated heterocycles. The van der Waals surface area contributed by atoms with Gasteiger partial charge in [0.15, 0.2) is 0 Å². The van der Waals surface area contributed by atoms with E-state index in [1.54, 1.807) is 0 Å². The van der Waals surface area contributed by atoms with E-state index < -0.39 is 0 Å². The van der Waals surface area contributed by atoms with Crippen LogP contribution in [-0.4, -0.2) is 30.6 Å². The van der Waals surface area contributed by atoms with Crippen molar-refractivity contribution < 1.29 is 0 Å². The molecule has 0 saturated carbocycles. The molecule has 2 nitrogen and oxygen atoms in total.